The molecule has 3 aromatic carbocycles. The highest BCUT2D eigenvalue weighted by Crippen LogP contribution is 2.30. The van der Waals surface area contributed by atoms with E-state index in [0.717, 1.165) is 26.1 Å². The average molecular weight is 597 g/mol. The van der Waals surface area contributed by atoms with E-state index < -0.39 is 29.3 Å². The maximum Gasteiger partial charge on any atom is 0.439 e. The number of rotatable bonds is 9. The van der Waals surface area contributed by atoms with E-state index in [1.54, 1.807) is 6.07 Å². The number of ketones is 1. The molecule has 0 saturated carbocycles. The van der Waals surface area contributed by atoms with Crippen molar-refractivity contribution in [1.29, 1.82) is 0 Å². The molecule has 0 bridgehead atoms. The molecule has 11 nitrogen and oxygen atoms in total. The van der Waals surface area contributed by atoms with Gasteiger partial charge in [0.2, 0.25) is 0 Å². The van der Waals surface area contributed by atoms with Gasteiger partial charge in [0, 0.05) is 16.0 Å². The summed E-state index contributed by atoms with van der Waals surface area (Å²) < 4.78 is 7.14. The number of thiophene rings is 1. The zero-order chi connectivity index (χ0) is 30.1. The lowest BCUT2D eigenvalue weighted by molar-refractivity contribution is -0.137. The summed E-state index contributed by atoms with van der Waals surface area (Å²) in [5.74, 6) is -0.744. The molecule has 3 aromatic heterocycles. The Balaban J connectivity index is 1.37. The molecule has 0 spiro atoms. The molecule has 0 aliphatic carbocycles. The third-order valence-electron chi connectivity index (χ3n) is 7.09. The van der Waals surface area contributed by atoms with Crippen LogP contribution < -0.4 is 21.9 Å². The molecule has 0 aliphatic heterocycles. The molecule has 43 heavy (non-hydrogen) atoms. The van der Waals surface area contributed by atoms with Crippen LogP contribution in [0.25, 0.3) is 32.7 Å². The number of aromatic nitrogens is 4. The minimum absolute atomic E-state index is 0.0665. The van der Waals surface area contributed by atoms with E-state index in [4.69, 9.17) is 5.26 Å². The van der Waals surface area contributed by atoms with E-state index >= 15 is 0 Å². The normalized spacial score (nSPS) is 11.2. The summed E-state index contributed by atoms with van der Waals surface area (Å²) in [5.41, 5.74) is 2.23. The molecule has 6 rings (SSSR count). The lowest BCUT2D eigenvalue weighted by Gasteiger charge is -2.13. The second-order valence-electron chi connectivity index (χ2n) is 9.77. The van der Waals surface area contributed by atoms with Crippen molar-refractivity contribution < 1.29 is 19.5 Å². The van der Waals surface area contributed by atoms with Gasteiger partial charge < -0.3 is 4.89 Å². The Morgan fingerprint density at radius 1 is 0.977 bits per heavy atom. The van der Waals surface area contributed by atoms with Crippen molar-refractivity contribution in [2.24, 2.45) is 0 Å². The van der Waals surface area contributed by atoms with Gasteiger partial charge in [0.1, 0.15) is 4.83 Å². The van der Waals surface area contributed by atoms with Crippen molar-refractivity contribution in [2.45, 2.75) is 26.4 Å². The van der Waals surface area contributed by atoms with Crippen LogP contribution >= 0.6 is 11.3 Å². The first-order valence-electron chi connectivity index (χ1n) is 13.3. The van der Waals surface area contributed by atoms with E-state index in [1.165, 1.54) is 40.2 Å². The standard InChI is InChI=1S/C31H24N4O7S/c1-2-22-15-25-28(37)34(17-26(36)20-6-5-7-21(14-20)42-40)31(39)35(29(25)43-22)16-18-10-12-19(13-11-18)23-8-3-4-9-24(23)27-32-30(38)41-33-27/h3-15,40H,2,16-17H2,1H3,(H,32,33,38). The highest BCUT2D eigenvalue weighted by atomic mass is 32.1. The minimum Gasteiger partial charge on any atom is -0.340 e. The van der Waals surface area contributed by atoms with E-state index in [0.29, 0.717) is 28.0 Å². The maximum absolute atomic E-state index is 13.8. The number of aromatic amines is 1. The second kappa shape index (κ2) is 11.5. The fraction of sp³-hybridized carbons (Fsp3) is 0.129. The summed E-state index contributed by atoms with van der Waals surface area (Å²) >= 11 is 1.38. The second-order valence-corrected chi connectivity index (χ2v) is 10.9. The van der Waals surface area contributed by atoms with Crippen molar-refractivity contribution in [3.05, 3.63) is 126 Å². The number of H-pyrrole nitrogens is 1. The van der Waals surface area contributed by atoms with Gasteiger partial charge in [-0.05, 0) is 41.3 Å². The Morgan fingerprint density at radius 2 is 1.74 bits per heavy atom. The largest absolute Gasteiger partial charge is 0.439 e. The molecular formula is C31H24N4O7S. The van der Waals surface area contributed by atoms with Crippen molar-refractivity contribution in [1.82, 2.24) is 19.3 Å². The van der Waals surface area contributed by atoms with Crippen molar-refractivity contribution >= 4 is 27.3 Å². The van der Waals surface area contributed by atoms with Gasteiger partial charge in [0.15, 0.2) is 17.4 Å². The van der Waals surface area contributed by atoms with Crippen LogP contribution in [-0.2, 0) is 19.5 Å². The van der Waals surface area contributed by atoms with Crippen LogP contribution in [0.15, 0.2) is 97.8 Å². The summed E-state index contributed by atoms with van der Waals surface area (Å²) in [5, 5.41) is 13.1. The van der Waals surface area contributed by atoms with Gasteiger partial charge in [0.25, 0.3) is 5.56 Å². The number of aryl methyl sites for hydroxylation is 1. The van der Waals surface area contributed by atoms with Crippen LogP contribution in [0.4, 0.5) is 0 Å². The maximum atomic E-state index is 13.8. The molecule has 0 saturated heterocycles. The molecule has 3 heterocycles. The molecule has 0 unspecified atom stereocenters. The van der Waals surface area contributed by atoms with E-state index in [2.05, 4.69) is 19.6 Å². The van der Waals surface area contributed by atoms with E-state index in [9.17, 15) is 19.2 Å². The minimum atomic E-state index is -0.646. The average Bonchev–Trinajstić information content (AvgIpc) is 3.68. The van der Waals surface area contributed by atoms with Crippen molar-refractivity contribution in [3.63, 3.8) is 0 Å². The number of carbonyl (C=O) groups excluding carboxylic acids is 1. The molecular weight excluding hydrogens is 572 g/mol. The first-order chi connectivity index (χ1) is 20.9. The summed E-state index contributed by atoms with van der Waals surface area (Å²) in [6.45, 7) is 1.66. The van der Waals surface area contributed by atoms with Crippen molar-refractivity contribution in [2.75, 3.05) is 0 Å². The van der Waals surface area contributed by atoms with Crippen LogP contribution in [0, 0.1) is 0 Å². The fourth-order valence-corrected chi connectivity index (χ4v) is 6.00. The summed E-state index contributed by atoms with van der Waals surface area (Å²) in [4.78, 5) is 60.1. The predicted molar refractivity (Wildman–Crippen MR) is 161 cm³/mol. The third kappa shape index (κ3) is 5.36. The van der Waals surface area contributed by atoms with E-state index in [1.807, 2.05) is 55.5 Å². The van der Waals surface area contributed by atoms with Crippen LogP contribution in [-0.4, -0.2) is 30.3 Å². The molecule has 0 amide bonds. The van der Waals surface area contributed by atoms with E-state index in [-0.39, 0.29) is 17.9 Å². The van der Waals surface area contributed by atoms with Crippen LogP contribution in [0.1, 0.15) is 27.7 Å². The van der Waals surface area contributed by atoms with Gasteiger partial charge in [-0.25, -0.2) is 14.8 Å². The van der Waals surface area contributed by atoms with Crippen molar-refractivity contribution in [3.8, 4) is 28.3 Å². The Kier molecular flexibility index (Phi) is 7.45. The van der Waals surface area contributed by atoms with Gasteiger partial charge in [0.05, 0.1) is 18.5 Å². The number of nitrogens with zero attached hydrogens (tertiary/aromatic N) is 3. The highest BCUT2D eigenvalue weighted by molar-refractivity contribution is 7.18. The van der Waals surface area contributed by atoms with Gasteiger partial charge in [-0.15, -0.1) is 11.3 Å². The van der Waals surface area contributed by atoms with Crippen LogP contribution in [0.2, 0.25) is 0 Å². The highest BCUT2D eigenvalue weighted by Gasteiger charge is 2.20. The zero-order valence-corrected chi connectivity index (χ0v) is 23.6. The number of fused-ring (bicyclic) bond motifs is 1. The quantitative estimate of drug-likeness (QED) is 0.140. The molecule has 2 N–H and O–H groups in total. The van der Waals surface area contributed by atoms with Gasteiger partial charge in [-0.2, -0.15) is 0 Å². The summed E-state index contributed by atoms with van der Waals surface area (Å²) in [6, 6.07) is 22.6. The fourth-order valence-electron chi connectivity index (χ4n) is 4.92. The monoisotopic (exact) mass is 596 g/mol. The Labute approximate surface area is 246 Å². The summed E-state index contributed by atoms with van der Waals surface area (Å²) in [6.07, 6.45) is 0.685. The number of hydrogen-bond donors (Lipinski definition) is 2. The molecule has 216 valence electrons. The molecule has 0 radical (unpaired) electrons. The molecule has 6 aromatic rings. The van der Waals surface area contributed by atoms with Crippen LogP contribution in [0.5, 0.6) is 5.75 Å². The van der Waals surface area contributed by atoms with Gasteiger partial charge >= 0.3 is 11.4 Å². The third-order valence-corrected chi connectivity index (χ3v) is 8.39. The zero-order valence-electron chi connectivity index (χ0n) is 22.8. The van der Waals surface area contributed by atoms with Crippen LogP contribution in [0.3, 0.4) is 0 Å². The lowest BCUT2D eigenvalue weighted by atomic mass is 9.98. The predicted octanol–water partition coefficient (Wildman–Crippen LogP) is 4.58. The molecule has 12 heteroatoms. The Morgan fingerprint density at radius 3 is 2.44 bits per heavy atom. The SMILES string of the molecule is CCc1cc2c(=O)n(CC(=O)c3cccc(OO)c3)c(=O)n(Cc3ccc(-c4ccccc4-c4noc(=O)[nH]4)cc3)c2s1. The summed E-state index contributed by atoms with van der Waals surface area (Å²) in [7, 11) is 0. The topological polar surface area (TPSA) is 149 Å². The number of hydrogen-bond acceptors (Lipinski definition) is 9. The first-order valence-corrected chi connectivity index (χ1v) is 14.1. The number of carbonyl (C=O) groups is 1. The van der Waals surface area contributed by atoms with Gasteiger partial charge in [-0.3, -0.25) is 28.2 Å². The Hall–Kier alpha value is -5.33. The smallest absolute Gasteiger partial charge is 0.340 e. The number of nitrogens with one attached hydrogen (secondary N) is 1. The first kappa shape index (κ1) is 27.8. The lowest BCUT2D eigenvalue weighted by Crippen LogP contribution is -2.41. The molecule has 0 aliphatic rings. The molecule has 0 fully saturated rings. The number of Topliss-reactive ketones (excluding diaryl/α,β-unsaturated/α-hetero) is 1. The molecule has 0 atom stereocenters. The number of benzene rings is 3. The van der Waals surface area contributed by atoms with Gasteiger partial charge in [-0.1, -0.05) is 72.7 Å². The Bertz CT molecular complexity index is 2150.